The van der Waals surface area contributed by atoms with Crippen molar-refractivity contribution in [2.24, 2.45) is 5.92 Å². The summed E-state index contributed by atoms with van der Waals surface area (Å²) in [6.45, 7) is 2.87. The summed E-state index contributed by atoms with van der Waals surface area (Å²) in [5.41, 5.74) is 0.485. The number of nitrogens with zero attached hydrogens (tertiary/aromatic N) is 1. The lowest BCUT2D eigenvalue weighted by molar-refractivity contribution is -0.120. The summed E-state index contributed by atoms with van der Waals surface area (Å²) < 4.78 is 43.4. The molecular formula is C22H28N2O6S. The largest absolute Gasteiger partial charge is 0.497 e. The van der Waals surface area contributed by atoms with E-state index in [0.29, 0.717) is 48.9 Å². The number of hydrogen-bond donors (Lipinski definition) is 1. The van der Waals surface area contributed by atoms with Crippen LogP contribution in [0.1, 0.15) is 19.8 Å². The van der Waals surface area contributed by atoms with Crippen molar-refractivity contribution in [1.29, 1.82) is 0 Å². The Hall–Kier alpha value is -2.78. The Morgan fingerprint density at radius 3 is 2.45 bits per heavy atom. The Kier molecular flexibility index (Phi) is 7.40. The van der Waals surface area contributed by atoms with Crippen LogP contribution < -0.4 is 19.5 Å². The lowest BCUT2D eigenvalue weighted by Gasteiger charge is -2.31. The molecule has 3 rings (SSSR count). The maximum Gasteiger partial charge on any atom is 0.243 e. The van der Waals surface area contributed by atoms with Gasteiger partial charge in [0.25, 0.3) is 0 Å². The molecule has 0 saturated carbocycles. The van der Waals surface area contributed by atoms with Gasteiger partial charge < -0.3 is 19.5 Å². The van der Waals surface area contributed by atoms with Crippen molar-refractivity contribution >= 4 is 21.6 Å². The fourth-order valence-electron chi connectivity index (χ4n) is 3.54. The summed E-state index contributed by atoms with van der Waals surface area (Å²) in [7, 11) is -0.646. The minimum atomic E-state index is -3.70. The summed E-state index contributed by atoms with van der Waals surface area (Å²) in [4.78, 5) is 13.1. The monoisotopic (exact) mass is 448 g/mol. The van der Waals surface area contributed by atoms with Crippen LogP contribution in [-0.4, -0.2) is 52.5 Å². The molecule has 1 N–H and O–H groups in total. The van der Waals surface area contributed by atoms with Crippen molar-refractivity contribution in [2.75, 3.05) is 39.2 Å². The zero-order chi connectivity index (χ0) is 22.4. The van der Waals surface area contributed by atoms with Gasteiger partial charge in [0.05, 0.1) is 37.3 Å². The number of carbonyl (C=O) groups is 1. The molecule has 8 nitrogen and oxygen atoms in total. The molecule has 9 heteroatoms. The number of hydrogen-bond acceptors (Lipinski definition) is 6. The van der Waals surface area contributed by atoms with E-state index in [4.69, 9.17) is 14.2 Å². The summed E-state index contributed by atoms with van der Waals surface area (Å²) in [5, 5.41) is 2.86. The predicted molar refractivity (Wildman–Crippen MR) is 117 cm³/mol. The van der Waals surface area contributed by atoms with Crippen LogP contribution in [0.15, 0.2) is 47.4 Å². The van der Waals surface area contributed by atoms with Gasteiger partial charge in [-0.25, -0.2) is 8.42 Å². The molecule has 0 aliphatic carbocycles. The summed E-state index contributed by atoms with van der Waals surface area (Å²) in [5.74, 6) is 0.980. The molecule has 0 aromatic heterocycles. The van der Waals surface area contributed by atoms with Gasteiger partial charge in [-0.05, 0) is 56.2 Å². The molecule has 1 aliphatic heterocycles. The van der Waals surface area contributed by atoms with Crippen molar-refractivity contribution in [3.05, 3.63) is 42.5 Å². The average molecular weight is 449 g/mol. The lowest BCUT2D eigenvalue weighted by atomic mass is 9.98. The molecule has 168 valence electrons. The maximum absolute atomic E-state index is 13.1. The maximum atomic E-state index is 13.1. The van der Waals surface area contributed by atoms with Gasteiger partial charge in [-0.3, -0.25) is 4.79 Å². The van der Waals surface area contributed by atoms with E-state index in [0.717, 1.165) is 0 Å². The molecule has 2 aromatic rings. The highest BCUT2D eigenvalue weighted by molar-refractivity contribution is 7.89. The normalized spacial score (nSPS) is 17.1. The van der Waals surface area contributed by atoms with E-state index >= 15 is 0 Å². The molecule has 1 saturated heterocycles. The van der Waals surface area contributed by atoms with Crippen LogP contribution >= 0.6 is 0 Å². The van der Waals surface area contributed by atoms with Gasteiger partial charge in [0.15, 0.2) is 0 Å². The Balaban J connectivity index is 1.73. The molecule has 0 spiro atoms. The quantitative estimate of drug-likeness (QED) is 0.667. The molecule has 0 unspecified atom stereocenters. The number of carbonyl (C=O) groups excluding carboxylic acids is 1. The second-order valence-corrected chi connectivity index (χ2v) is 9.10. The van der Waals surface area contributed by atoms with Crippen LogP contribution in [0.4, 0.5) is 5.69 Å². The second-order valence-electron chi connectivity index (χ2n) is 7.16. The Labute approximate surface area is 183 Å². The molecule has 1 atom stereocenters. The zero-order valence-electron chi connectivity index (χ0n) is 18.0. The van der Waals surface area contributed by atoms with Crippen molar-refractivity contribution < 1.29 is 27.4 Å². The fourth-order valence-corrected chi connectivity index (χ4v) is 5.07. The van der Waals surface area contributed by atoms with Crippen molar-refractivity contribution in [1.82, 2.24) is 4.31 Å². The van der Waals surface area contributed by atoms with E-state index in [1.54, 1.807) is 30.3 Å². The van der Waals surface area contributed by atoms with E-state index in [1.165, 1.54) is 30.7 Å². The van der Waals surface area contributed by atoms with Gasteiger partial charge in [-0.2, -0.15) is 4.31 Å². The molecule has 1 amide bonds. The number of sulfonamides is 1. The molecule has 0 radical (unpaired) electrons. The molecule has 1 fully saturated rings. The topological polar surface area (TPSA) is 94.2 Å². The lowest BCUT2D eigenvalue weighted by Crippen LogP contribution is -2.43. The zero-order valence-corrected chi connectivity index (χ0v) is 18.8. The Bertz CT molecular complexity index is 1010. The Morgan fingerprint density at radius 2 is 1.81 bits per heavy atom. The number of anilines is 1. The third-order valence-corrected chi connectivity index (χ3v) is 7.07. The van der Waals surface area contributed by atoms with Crippen molar-refractivity contribution in [3.63, 3.8) is 0 Å². The third kappa shape index (κ3) is 5.29. The van der Waals surface area contributed by atoms with Gasteiger partial charge in [-0.15, -0.1) is 0 Å². The highest BCUT2D eigenvalue weighted by atomic mass is 32.2. The van der Waals surface area contributed by atoms with Crippen molar-refractivity contribution in [2.45, 2.75) is 24.7 Å². The van der Waals surface area contributed by atoms with E-state index in [1.807, 2.05) is 6.92 Å². The molecular weight excluding hydrogens is 420 g/mol. The number of nitrogens with one attached hydrogen (secondary N) is 1. The van der Waals surface area contributed by atoms with Gasteiger partial charge in [0, 0.05) is 19.2 Å². The number of rotatable bonds is 8. The summed E-state index contributed by atoms with van der Waals surface area (Å²) >= 11 is 0. The van der Waals surface area contributed by atoms with Crippen LogP contribution in [0.2, 0.25) is 0 Å². The number of piperidine rings is 1. The highest BCUT2D eigenvalue weighted by Gasteiger charge is 2.33. The standard InChI is InChI=1S/C22H28N2O6S/c1-4-30-17-7-10-19(11-8-17)31(26,27)24-13-5-6-16(15-24)22(25)23-20-14-18(28-2)9-12-21(20)29-3/h7-12,14,16H,4-6,13,15H2,1-3H3,(H,23,25)/t16-/m1/s1. The van der Waals surface area contributed by atoms with Gasteiger partial charge in [0.1, 0.15) is 17.2 Å². The number of methoxy groups -OCH3 is 2. The molecule has 31 heavy (non-hydrogen) atoms. The smallest absolute Gasteiger partial charge is 0.243 e. The second kappa shape index (κ2) is 10.0. The average Bonchev–Trinajstić information content (AvgIpc) is 2.79. The first-order chi connectivity index (χ1) is 14.9. The fraction of sp³-hybridized carbons (Fsp3) is 0.409. The Morgan fingerprint density at radius 1 is 1.10 bits per heavy atom. The first kappa shape index (κ1) is 22.9. The molecule has 1 aliphatic rings. The first-order valence-electron chi connectivity index (χ1n) is 10.1. The van der Waals surface area contributed by atoms with Crippen LogP contribution in [-0.2, 0) is 14.8 Å². The van der Waals surface area contributed by atoms with Crippen LogP contribution in [0.5, 0.6) is 17.2 Å². The minimum absolute atomic E-state index is 0.119. The van der Waals surface area contributed by atoms with Gasteiger partial charge in [0.2, 0.25) is 15.9 Å². The third-order valence-electron chi connectivity index (χ3n) is 5.19. The van der Waals surface area contributed by atoms with Crippen LogP contribution in [0, 0.1) is 5.92 Å². The summed E-state index contributed by atoms with van der Waals surface area (Å²) in [6.07, 6.45) is 1.21. The van der Waals surface area contributed by atoms with E-state index in [2.05, 4.69) is 5.32 Å². The van der Waals surface area contributed by atoms with Crippen molar-refractivity contribution in [3.8, 4) is 17.2 Å². The number of amides is 1. The highest BCUT2D eigenvalue weighted by Crippen LogP contribution is 2.31. The van der Waals surface area contributed by atoms with Gasteiger partial charge in [-0.1, -0.05) is 0 Å². The number of benzene rings is 2. The minimum Gasteiger partial charge on any atom is -0.497 e. The first-order valence-corrected chi connectivity index (χ1v) is 11.6. The van der Waals surface area contributed by atoms with Crippen LogP contribution in [0.3, 0.4) is 0 Å². The van der Waals surface area contributed by atoms with Gasteiger partial charge >= 0.3 is 0 Å². The molecule has 1 heterocycles. The molecule has 2 aromatic carbocycles. The predicted octanol–water partition coefficient (Wildman–Crippen LogP) is 3.14. The SMILES string of the molecule is CCOc1ccc(S(=O)(=O)N2CCC[C@@H](C(=O)Nc3cc(OC)ccc3OC)C2)cc1. The summed E-state index contributed by atoms with van der Waals surface area (Å²) in [6, 6.07) is 11.5. The molecule has 0 bridgehead atoms. The number of ether oxygens (including phenoxy) is 3. The van der Waals surface area contributed by atoms with E-state index in [9.17, 15) is 13.2 Å². The van der Waals surface area contributed by atoms with E-state index < -0.39 is 15.9 Å². The van der Waals surface area contributed by atoms with Crippen LogP contribution in [0.25, 0.3) is 0 Å². The van der Waals surface area contributed by atoms with E-state index in [-0.39, 0.29) is 17.3 Å².